The topological polar surface area (TPSA) is 66.9 Å². The van der Waals surface area contributed by atoms with Crippen molar-refractivity contribution in [3.63, 3.8) is 0 Å². The third-order valence-corrected chi connectivity index (χ3v) is 4.05. The van der Waals surface area contributed by atoms with E-state index in [2.05, 4.69) is 20.6 Å². The molecule has 0 aliphatic rings. The summed E-state index contributed by atoms with van der Waals surface area (Å²) < 4.78 is 26.5. The lowest BCUT2D eigenvalue weighted by Gasteiger charge is -2.12. The zero-order chi connectivity index (χ0) is 19.6. The average molecular weight is 389 g/mol. The van der Waals surface area contributed by atoms with E-state index in [-0.39, 0.29) is 11.4 Å². The van der Waals surface area contributed by atoms with Crippen LogP contribution in [-0.4, -0.2) is 15.9 Å². The fourth-order valence-electron chi connectivity index (χ4n) is 2.49. The van der Waals surface area contributed by atoms with Gasteiger partial charge >= 0.3 is 0 Å². The number of anilines is 3. The van der Waals surface area contributed by atoms with Crippen molar-refractivity contribution in [1.29, 1.82) is 0 Å². The normalized spacial score (nSPS) is 10.6. The average Bonchev–Trinajstić information content (AvgIpc) is 2.61. The first-order valence-electron chi connectivity index (χ1n) is 7.95. The highest BCUT2D eigenvalue weighted by Gasteiger charge is 2.13. The van der Waals surface area contributed by atoms with Crippen LogP contribution in [0.2, 0.25) is 5.02 Å². The molecule has 0 aliphatic carbocycles. The zero-order valence-corrected chi connectivity index (χ0v) is 15.2. The first-order chi connectivity index (χ1) is 12.8. The SMILES string of the molecule is Cc1cc(C)c(Nc2cnc(C(=O)Nc3ccc(F)cc3F)cn2)c(Cl)c1. The second-order valence-electron chi connectivity index (χ2n) is 5.93. The van der Waals surface area contributed by atoms with Gasteiger partial charge in [-0.3, -0.25) is 4.79 Å². The lowest BCUT2D eigenvalue weighted by molar-refractivity contribution is 0.102. The molecule has 3 aromatic rings. The van der Waals surface area contributed by atoms with E-state index in [4.69, 9.17) is 11.6 Å². The number of halogens is 3. The second kappa shape index (κ2) is 7.67. The van der Waals surface area contributed by atoms with Gasteiger partial charge in [-0.05, 0) is 43.2 Å². The molecular formula is C19H15ClF2N4O. The van der Waals surface area contributed by atoms with Gasteiger partial charge in [-0.1, -0.05) is 17.7 Å². The molecule has 8 heteroatoms. The third kappa shape index (κ3) is 4.38. The minimum Gasteiger partial charge on any atom is -0.338 e. The predicted octanol–water partition coefficient (Wildman–Crippen LogP) is 5.02. The van der Waals surface area contributed by atoms with E-state index in [1.54, 1.807) is 0 Å². The van der Waals surface area contributed by atoms with Crippen molar-refractivity contribution in [3.05, 3.63) is 76.2 Å². The molecule has 0 aliphatic heterocycles. The van der Waals surface area contributed by atoms with Gasteiger partial charge in [0.1, 0.15) is 23.1 Å². The zero-order valence-electron chi connectivity index (χ0n) is 14.5. The summed E-state index contributed by atoms with van der Waals surface area (Å²) in [5, 5.41) is 5.93. The monoisotopic (exact) mass is 388 g/mol. The molecule has 1 aromatic heterocycles. The van der Waals surface area contributed by atoms with Gasteiger partial charge in [-0.2, -0.15) is 0 Å². The molecule has 0 bridgehead atoms. The third-order valence-electron chi connectivity index (χ3n) is 3.75. The van der Waals surface area contributed by atoms with E-state index in [1.807, 2.05) is 26.0 Å². The standard InChI is InChI=1S/C19H15ClF2N4O/c1-10-5-11(2)18(13(20)6-10)26-17-9-23-16(8-24-17)19(27)25-15-4-3-12(21)7-14(15)22/h3-9H,1-2H3,(H,24,26)(H,25,27). The number of aromatic nitrogens is 2. The summed E-state index contributed by atoms with van der Waals surface area (Å²) in [5.41, 5.74) is 2.51. The van der Waals surface area contributed by atoms with Crippen LogP contribution >= 0.6 is 11.6 Å². The Morgan fingerprint density at radius 2 is 1.85 bits per heavy atom. The van der Waals surface area contributed by atoms with Crippen LogP contribution in [0.15, 0.2) is 42.7 Å². The summed E-state index contributed by atoms with van der Waals surface area (Å²) >= 11 is 6.25. The van der Waals surface area contributed by atoms with E-state index in [0.717, 1.165) is 23.3 Å². The van der Waals surface area contributed by atoms with Gasteiger partial charge in [0.15, 0.2) is 0 Å². The van der Waals surface area contributed by atoms with Gasteiger partial charge < -0.3 is 10.6 Å². The molecule has 0 fully saturated rings. The van der Waals surface area contributed by atoms with Gasteiger partial charge in [0.2, 0.25) is 0 Å². The molecule has 2 N–H and O–H groups in total. The lowest BCUT2D eigenvalue weighted by atomic mass is 10.1. The number of aryl methyl sites for hydroxylation is 2. The van der Waals surface area contributed by atoms with Crippen molar-refractivity contribution >= 4 is 34.7 Å². The van der Waals surface area contributed by atoms with E-state index in [1.165, 1.54) is 12.4 Å². The Balaban J connectivity index is 1.74. The van der Waals surface area contributed by atoms with Gasteiger partial charge in [-0.15, -0.1) is 0 Å². The molecule has 0 spiro atoms. The molecule has 0 unspecified atom stereocenters. The molecule has 5 nitrogen and oxygen atoms in total. The summed E-state index contributed by atoms with van der Waals surface area (Å²) in [6, 6.07) is 6.66. The van der Waals surface area contributed by atoms with Crippen molar-refractivity contribution in [3.8, 4) is 0 Å². The van der Waals surface area contributed by atoms with Gasteiger partial charge in [0, 0.05) is 6.07 Å². The Kier molecular flexibility index (Phi) is 5.32. The highest BCUT2D eigenvalue weighted by atomic mass is 35.5. The number of carbonyl (C=O) groups excluding carboxylic acids is 1. The molecule has 2 aromatic carbocycles. The Morgan fingerprint density at radius 3 is 2.48 bits per heavy atom. The second-order valence-corrected chi connectivity index (χ2v) is 6.34. The highest BCUT2D eigenvalue weighted by Crippen LogP contribution is 2.29. The molecule has 27 heavy (non-hydrogen) atoms. The number of carbonyl (C=O) groups is 1. The van der Waals surface area contributed by atoms with Crippen molar-refractivity contribution in [1.82, 2.24) is 9.97 Å². The Morgan fingerprint density at radius 1 is 1.07 bits per heavy atom. The van der Waals surface area contributed by atoms with Crippen LogP contribution in [0.4, 0.5) is 26.0 Å². The number of nitrogens with zero attached hydrogens (tertiary/aromatic N) is 2. The Labute approximate surface area is 159 Å². The molecule has 3 rings (SSSR count). The van der Waals surface area contributed by atoms with Crippen LogP contribution in [0.5, 0.6) is 0 Å². The molecule has 0 radical (unpaired) electrons. The molecule has 1 amide bonds. The van der Waals surface area contributed by atoms with E-state index in [9.17, 15) is 13.6 Å². The van der Waals surface area contributed by atoms with Crippen molar-refractivity contribution in [2.45, 2.75) is 13.8 Å². The minimum atomic E-state index is -0.876. The van der Waals surface area contributed by atoms with Crippen LogP contribution in [0.1, 0.15) is 21.6 Å². The van der Waals surface area contributed by atoms with Crippen molar-refractivity contribution < 1.29 is 13.6 Å². The van der Waals surface area contributed by atoms with E-state index >= 15 is 0 Å². The molecule has 0 saturated heterocycles. The summed E-state index contributed by atoms with van der Waals surface area (Å²) in [6.07, 6.45) is 2.61. The summed E-state index contributed by atoms with van der Waals surface area (Å²) in [7, 11) is 0. The number of rotatable bonds is 4. The summed E-state index contributed by atoms with van der Waals surface area (Å²) in [6.45, 7) is 3.85. The van der Waals surface area contributed by atoms with Gasteiger partial charge in [-0.25, -0.2) is 18.7 Å². The maximum atomic E-state index is 13.6. The largest absolute Gasteiger partial charge is 0.338 e. The first-order valence-corrected chi connectivity index (χ1v) is 8.33. The summed E-state index contributed by atoms with van der Waals surface area (Å²) in [5.74, 6) is -1.87. The fraction of sp³-hybridized carbons (Fsp3) is 0.105. The fourth-order valence-corrected chi connectivity index (χ4v) is 2.86. The first kappa shape index (κ1) is 18.7. The maximum absolute atomic E-state index is 13.6. The van der Waals surface area contributed by atoms with Crippen LogP contribution in [-0.2, 0) is 0 Å². The number of hydrogen-bond donors (Lipinski definition) is 2. The minimum absolute atomic E-state index is 0.0176. The van der Waals surface area contributed by atoms with Crippen LogP contribution in [0.3, 0.4) is 0 Å². The Hall–Kier alpha value is -3.06. The number of amides is 1. The van der Waals surface area contributed by atoms with E-state index in [0.29, 0.717) is 22.6 Å². The van der Waals surface area contributed by atoms with E-state index < -0.39 is 17.5 Å². The maximum Gasteiger partial charge on any atom is 0.275 e. The molecular weight excluding hydrogens is 374 g/mol. The van der Waals surface area contributed by atoms with Gasteiger partial charge in [0.25, 0.3) is 5.91 Å². The molecule has 1 heterocycles. The molecule has 0 saturated carbocycles. The van der Waals surface area contributed by atoms with Crippen LogP contribution < -0.4 is 10.6 Å². The van der Waals surface area contributed by atoms with Crippen LogP contribution in [0.25, 0.3) is 0 Å². The molecule has 138 valence electrons. The van der Waals surface area contributed by atoms with Crippen molar-refractivity contribution in [2.75, 3.05) is 10.6 Å². The molecule has 0 atom stereocenters. The van der Waals surface area contributed by atoms with Crippen LogP contribution in [0, 0.1) is 25.5 Å². The number of nitrogens with one attached hydrogen (secondary N) is 2. The van der Waals surface area contributed by atoms with Gasteiger partial charge in [0.05, 0.1) is 28.8 Å². The Bertz CT molecular complexity index is 986. The van der Waals surface area contributed by atoms with Crippen molar-refractivity contribution in [2.24, 2.45) is 0 Å². The number of benzene rings is 2. The quantitative estimate of drug-likeness (QED) is 0.658. The number of hydrogen-bond acceptors (Lipinski definition) is 4. The predicted molar refractivity (Wildman–Crippen MR) is 101 cm³/mol. The smallest absolute Gasteiger partial charge is 0.275 e. The lowest BCUT2D eigenvalue weighted by Crippen LogP contribution is -2.15. The highest BCUT2D eigenvalue weighted by molar-refractivity contribution is 6.33. The summed E-state index contributed by atoms with van der Waals surface area (Å²) in [4.78, 5) is 20.3.